The van der Waals surface area contributed by atoms with E-state index in [2.05, 4.69) is 10.3 Å². The topological polar surface area (TPSA) is 50.7 Å². The van der Waals surface area contributed by atoms with E-state index in [1.807, 2.05) is 66.7 Å². The van der Waals surface area contributed by atoms with Gasteiger partial charge in [0.15, 0.2) is 5.17 Å². The Kier molecular flexibility index (Phi) is 5.13. The summed E-state index contributed by atoms with van der Waals surface area (Å²) in [7, 11) is 1.62. The Morgan fingerprint density at radius 2 is 1.83 bits per heavy atom. The van der Waals surface area contributed by atoms with Crippen LogP contribution in [0.25, 0.3) is 6.08 Å². The summed E-state index contributed by atoms with van der Waals surface area (Å²) in [6.07, 6.45) is 5.62. The second kappa shape index (κ2) is 7.66. The van der Waals surface area contributed by atoms with Gasteiger partial charge < -0.3 is 10.1 Å². The smallest absolute Gasteiger partial charge is 0.264 e. The standard InChI is InChI=1S/C19H16N2O2S/c1-23-16-12-10-15(11-13-16)20-19-21-18(22)17(24-19)9-5-8-14-6-3-2-4-7-14/h2-13H,1H3,(H,20,21,22)/b8-5+,17-9+. The Labute approximate surface area is 145 Å². The molecule has 1 aliphatic heterocycles. The molecule has 1 N–H and O–H groups in total. The molecule has 0 atom stereocenters. The van der Waals surface area contributed by atoms with E-state index in [-0.39, 0.29) is 5.91 Å². The minimum absolute atomic E-state index is 0.134. The Morgan fingerprint density at radius 3 is 2.54 bits per heavy atom. The second-order valence-corrected chi connectivity index (χ2v) is 6.00. The van der Waals surface area contributed by atoms with Crippen molar-refractivity contribution in [1.82, 2.24) is 5.32 Å². The Hall–Kier alpha value is -2.79. The average Bonchev–Trinajstić information content (AvgIpc) is 2.96. The van der Waals surface area contributed by atoms with E-state index in [1.54, 1.807) is 13.2 Å². The Morgan fingerprint density at radius 1 is 1.08 bits per heavy atom. The number of allylic oxidation sites excluding steroid dienone is 2. The second-order valence-electron chi connectivity index (χ2n) is 4.97. The number of nitrogens with zero attached hydrogens (tertiary/aromatic N) is 1. The van der Waals surface area contributed by atoms with Gasteiger partial charge in [0.05, 0.1) is 17.7 Å². The normalized spacial score (nSPS) is 17.6. The molecule has 24 heavy (non-hydrogen) atoms. The monoisotopic (exact) mass is 336 g/mol. The highest BCUT2D eigenvalue weighted by Gasteiger charge is 2.22. The highest BCUT2D eigenvalue weighted by molar-refractivity contribution is 8.18. The fourth-order valence-corrected chi connectivity index (χ4v) is 2.87. The van der Waals surface area contributed by atoms with Gasteiger partial charge in [0.1, 0.15) is 5.75 Å². The van der Waals surface area contributed by atoms with Crippen LogP contribution in [0.1, 0.15) is 5.56 Å². The molecule has 2 aromatic carbocycles. The van der Waals surface area contributed by atoms with Crippen LogP contribution in [-0.2, 0) is 4.79 Å². The van der Waals surface area contributed by atoms with Crippen molar-refractivity contribution in [3.05, 3.63) is 77.2 Å². The van der Waals surface area contributed by atoms with Crippen LogP contribution in [0.2, 0.25) is 0 Å². The van der Waals surface area contributed by atoms with Crippen molar-refractivity contribution >= 4 is 34.6 Å². The summed E-state index contributed by atoms with van der Waals surface area (Å²) in [5.74, 6) is 0.638. The number of nitrogens with one attached hydrogen (secondary N) is 1. The first-order chi connectivity index (χ1) is 11.7. The van der Waals surface area contributed by atoms with Crippen LogP contribution in [0.5, 0.6) is 5.75 Å². The van der Waals surface area contributed by atoms with Gasteiger partial charge in [0.25, 0.3) is 5.91 Å². The number of carbonyl (C=O) groups is 1. The van der Waals surface area contributed by atoms with E-state index >= 15 is 0 Å². The number of hydrogen-bond donors (Lipinski definition) is 1. The predicted octanol–water partition coefficient (Wildman–Crippen LogP) is 4.14. The first-order valence-electron chi connectivity index (χ1n) is 7.40. The minimum Gasteiger partial charge on any atom is -0.497 e. The number of methoxy groups -OCH3 is 1. The maximum absolute atomic E-state index is 12.0. The fraction of sp³-hybridized carbons (Fsp3) is 0.0526. The van der Waals surface area contributed by atoms with E-state index in [0.717, 1.165) is 17.0 Å². The van der Waals surface area contributed by atoms with E-state index in [4.69, 9.17) is 4.74 Å². The van der Waals surface area contributed by atoms with Gasteiger partial charge in [0.2, 0.25) is 0 Å². The summed E-state index contributed by atoms with van der Waals surface area (Å²) < 4.78 is 5.11. The highest BCUT2D eigenvalue weighted by Crippen LogP contribution is 2.27. The molecule has 1 saturated heterocycles. The van der Waals surface area contributed by atoms with Gasteiger partial charge in [-0.25, -0.2) is 4.99 Å². The van der Waals surface area contributed by atoms with Crippen molar-refractivity contribution in [3.8, 4) is 5.75 Å². The molecule has 1 fully saturated rings. The maximum Gasteiger partial charge on any atom is 0.264 e. The zero-order valence-electron chi connectivity index (χ0n) is 13.1. The van der Waals surface area contributed by atoms with Crippen molar-refractivity contribution in [2.24, 2.45) is 4.99 Å². The number of thioether (sulfide) groups is 1. The van der Waals surface area contributed by atoms with Crippen molar-refractivity contribution in [2.45, 2.75) is 0 Å². The number of aliphatic imine (C=N–C) groups is 1. The van der Waals surface area contributed by atoms with Crippen LogP contribution in [-0.4, -0.2) is 18.2 Å². The Bertz CT molecular complexity index is 809. The molecule has 0 spiro atoms. The molecule has 0 radical (unpaired) electrons. The first-order valence-corrected chi connectivity index (χ1v) is 8.21. The highest BCUT2D eigenvalue weighted by atomic mass is 32.2. The molecule has 0 unspecified atom stereocenters. The number of amidine groups is 1. The number of benzene rings is 2. The van der Waals surface area contributed by atoms with E-state index in [9.17, 15) is 4.79 Å². The molecule has 120 valence electrons. The maximum atomic E-state index is 12.0. The van der Waals surface area contributed by atoms with Gasteiger partial charge in [-0.3, -0.25) is 4.79 Å². The van der Waals surface area contributed by atoms with Crippen molar-refractivity contribution < 1.29 is 9.53 Å². The summed E-state index contributed by atoms with van der Waals surface area (Å²) in [5.41, 5.74) is 1.85. The first kappa shape index (κ1) is 16.1. The molecule has 3 rings (SSSR count). The van der Waals surface area contributed by atoms with Crippen LogP contribution < -0.4 is 10.1 Å². The number of rotatable bonds is 4. The number of ether oxygens (including phenoxy) is 1. The van der Waals surface area contributed by atoms with Crippen LogP contribution in [0.15, 0.2) is 76.6 Å². The van der Waals surface area contributed by atoms with Gasteiger partial charge in [-0.1, -0.05) is 42.5 Å². The van der Waals surface area contributed by atoms with Gasteiger partial charge in [-0.05, 0) is 47.7 Å². The number of carbonyl (C=O) groups excluding carboxylic acids is 1. The lowest BCUT2D eigenvalue weighted by molar-refractivity contribution is -0.115. The molecule has 0 aliphatic carbocycles. The summed E-state index contributed by atoms with van der Waals surface area (Å²) in [6.45, 7) is 0. The van der Waals surface area contributed by atoms with E-state index < -0.39 is 0 Å². The molecule has 5 heteroatoms. The quantitative estimate of drug-likeness (QED) is 0.854. The molecule has 1 aliphatic rings. The molecular formula is C19H16N2O2S. The van der Waals surface area contributed by atoms with Crippen LogP contribution >= 0.6 is 11.8 Å². The summed E-state index contributed by atoms with van der Waals surface area (Å²) in [4.78, 5) is 17.0. The van der Waals surface area contributed by atoms with Gasteiger partial charge in [0, 0.05) is 0 Å². The van der Waals surface area contributed by atoms with Crippen LogP contribution in [0, 0.1) is 0 Å². The molecule has 1 heterocycles. The molecule has 0 saturated carbocycles. The predicted molar refractivity (Wildman–Crippen MR) is 99.4 cm³/mol. The van der Waals surface area contributed by atoms with Gasteiger partial charge >= 0.3 is 0 Å². The minimum atomic E-state index is -0.134. The molecule has 2 aromatic rings. The van der Waals surface area contributed by atoms with Gasteiger partial charge in [-0.15, -0.1) is 0 Å². The van der Waals surface area contributed by atoms with Crippen LogP contribution in [0.3, 0.4) is 0 Å². The third-order valence-electron chi connectivity index (χ3n) is 3.29. The van der Waals surface area contributed by atoms with Crippen LogP contribution in [0.4, 0.5) is 5.69 Å². The average molecular weight is 336 g/mol. The zero-order chi connectivity index (χ0) is 16.8. The summed E-state index contributed by atoms with van der Waals surface area (Å²) in [6, 6.07) is 17.3. The lowest BCUT2D eigenvalue weighted by atomic mass is 10.2. The fourth-order valence-electron chi connectivity index (χ4n) is 2.08. The summed E-state index contributed by atoms with van der Waals surface area (Å²) >= 11 is 1.33. The third kappa shape index (κ3) is 4.14. The van der Waals surface area contributed by atoms with Crippen molar-refractivity contribution in [1.29, 1.82) is 0 Å². The molecular weight excluding hydrogens is 320 g/mol. The lowest BCUT2D eigenvalue weighted by Gasteiger charge is -1.99. The number of hydrogen-bond acceptors (Lipinski definition) is 4. The summed E-state index contributed by atoms with van der Waals surface area (Å²) in [5, 5.41) is 3.34. The Balaban J connectivity index is 1.69. The number of amides is 1. The van der Waals surface area contributed by atoms with Gasteiger partial charge in [-0.2, -0.15) is 0 Å². The molecule has 0 aromatic heterocycles. The molecule has 1 amide bonds. The third-order valence-corrected chi connectivity index (χ3v) is 4.22. The van der Waals surface area contributed by atoms with E-state index in [1.165, 1.54) is 11.8 Å². The largest absolute Gasteiger partial charge is 0.497 e. The van der Waals surface area contributed by atoms with Crippen molar-refractivity contribution in [2.75, 3.05) is 7.11 Å². The van der Waals surface area contributed by atoms with Crippen molar-refractivity contribution in [3.63, 3.8) is 0 Å². The SMILES string of the molecule is COc1ccc(N=C2NC(=O)/C(=C\C=C\c3ccccc3)S2)cc1. The van der Waals surface area contributed by atoms with E-state index in [0.29, 0.717) is 10.1 Å². The molecule has 4 nitrogen and oxygen atoms in total. The molecule has 0 bridgehead atoms. The lowest BCUT2D eigenvalue weighted by Crippen LogP contribution is -2.19. The zero-order valence-corrected chi connectivity index (χ0v) is 13.9.